The van der Waals surface area contributed by atoms with Crippen molar-refractivity contribution in [2.24, 2.45) is 0 Å². The third-order valence-electron chi connectivity index (χ3n) is 1.89. The standard InChI is InChI=1S/C12H14N2/c1-2-6-12(9-13)14-10-11-7-4-3-5-8-11/h2-8,12,14H,10H2,1H3/b6-2+. The lowest BCUT2D eigenvalue weighted by Gasteiger charge is -2.06. The molecule has 1 unspecified atom stereocenters. The first-order valence-electron chi connectivity index (χ1n) is 4.66. The molecular formula is C12H14N2. The predicted molar refractivity (Wildman–Crippen MR) is 57.5 cm³/mol. The van der Waals surface area contributed by atoms with E-state index in [0.717, 1.165) is 6.54 Å². The van der Waals surface area contributed by atoms with Crippen molar-refractivity contribution in [3.63, 3.8) is 0 Å². The highest BCUT2D eigenvalue weighted by molar-refractivity contribution is 5.15. The largest absolute Gasteiger partial charge is 0.295 e. The Hall–Kier alpha value is -1.59. The minimum Gasteiger partial charge on any atom is -0.295 e. The van der Waals surface area contributed by atoms with E-state index in [2.05, 4.69) is 11.4 Å². The van der Waals surface area contributed by atoms with E-state index < -0.39 is 0 Å². The lowest BCUT2D eigenvalue weighted by Crippen LogP contribution is -2.24. The number of allylic oxidation sites excluding steroid dienone is 1. The molecule has 0 aliphatic rings. The Labute approximate surface area is 84.9 Å². The molecule has 0 aliphatic heterocycles. The van der Waals surface area contributed by atoms with Gasteiger partial charge in [0.25, 0.3) is 0 Å². The Morgan fingerprint density at radius 1 is 1.43 bits per heavy atom. The molecule has 0 bridgehead atoms. The maximum atomic E-state index is 8.77. The van der Waals surface area contributed by atoms with Gasteiger partial charge in [0.15, 0.2) is 0 Å². The minimum absolute atomic E-state index is 0.194. The van der Waals surface area contributed by atoms with Crippen molar-refractivity contribution in [2.75, 3.05) is 0 Å². The highest BCUT2D eigenvalue weighted by Crippen LogP contribution is 1.98. The molecule has 14 heavy (non-hydrogen) atoms. The summed E-state index contributed by atoms with van der Waals surface area (Å²) < 4.78 is 0. The van der Waals surface area contributed by atoms with Crippen molar-refractivity contribution in [1.29, 1.82) is 5.26 Å². The lowest BCUT2D eigenvalue weighted by atomic mass is 10.2. The lowest BCUT2D eigenvalue weighted by molar-refractivity contribution is 0.683. The SMILES string of the molecule is C/C=C/C(C#N)NCc1ccccc1. The van der Waals surface area contributed by atoms with Crippen LogP contribution in [0.5, 0.6) is 0 Å². The zero-order chi connectivity index (χ0) is 10.2. The van der Waals surface area contributed by atoms with Gasteiger partial charge in [0.1, 0.15) is 6.04 Å². The first-order valence-corrected chi connectivity index (χ1v) is 4.66. The number of hydrogen-bond acceptors (Lipinski definition) is 2. The van der Waals surface area contributed by atoms with Gasteiger partial charge in [0, 0.05) is 6.54 Å². The second kappa shape index (κ2) is 5.95. The number of benzene rings is 1. The van der Waals surface area contributed by atoms with Gasteiger partial charge in [-0.15, -0.1) is 0 Å². The number of hydrogen-bond donors (Lipinski definition) is 1. The van der Waals surface area contributed by atoms with Gasteiger partial charge in [-0.2, -0.15) is 5.26 Å². The Morgan fingerprint density at radius 3 is 2.71 bits per heavy atom. The van der Waals surface area contributed by atoms with Gasteiger partial charge < -0.3 is 0 Å². The summed E-state index contributed by atoms with van der Waals surface area (Å²) >= 11 is 0. The molecule has 72 valence electrons. The molecule has 1 rings (SSSR count). The second-order valence-corrected chi connectivity index (χ2v) is 3.00. The molecule has 0 fully saturated rings. The summed E-state index contributed by atoms with van der Waals surface area (Å²) in [6.45, 7) is 2.64. The van der Waals surface area contributed by atoms with Crippen LogP contribution in [0.1, 0.15) is 12.5 Å². The van der Waals surface area contributed by atoms with Crippen LogP contribution in [0.3, 0.4) is 0 Å². The van der Waals surface area contributed by atoms with E-state index in [9.17, 15) is 0 Å². The van der Waals surface area contributed by atoms with Crippen LogP contribution in [-0.4, -0.2) is 6.04 Å². The van der Waals surface area contributed by atoms with Crippen LogP contribution < -0.4 is 5.32 Å². The molecule has 0 aromatic heterocycles. The van der Waals surface area contributed by atoms with Gasteiger partial charge >= 0.3 is 0 Å². The highest BCUT2D eigenvalue weighted by Gasteiger charge is 1.99. The molecule has 1 aromatic rings. The Bertz CT molecular complexity index is 322. The molecule has 0 heterocycles. The predicted octanol–water partition coefficient (Wildman–Crippen LogP) is 2.24. The zero-order valence-corrected chi connectivity index (χ0v) is 8.27. The molecule has 0 aliphatic carbocycles. The van der Waals surface area contributed by atoms with E-state index in [1.54, 1.807) is 0 Å². The highest BCUT2D eigenvalue weighted by atomic mass is 14.9. The summed E-state index contributed by atoms with van der Waals surface area (Å²) in [4.78, 5) is 0. The molecule has 0 spiro atoms. The molecular weight excluding hydrogens is 172 g/mol. The van der Waals surface area contributed by atoms with Crippen LogP contribution in [-0.2, 0) is 6.54 Å². The summed E-state index contributed by atoms with van der Waals surface area (Å²) in [5, 5.41) is 11.9. The van der Waals surface area contributed by atoms with Crippen LogP contribution >= 0.6 is 0 Å². The van der Waals surface area contributed by atoms with Crippen molar-refractivity contribution >= 4 is 0 Å². The topological polar surface area (TPSA) is 35.8 Å². The van der Waals surface area contributed by atoms with Crippen molar-refractivity contribution in [3.8, 4) is 6.07 Å². The van der Waals surface area contributed by atoms with E-state index in [4.69, 9.17) is 5.26 Å². The number of nitriles is 1. The number of rotatable bonds is 4. The van der Waals surface area contributed by atoms with E-state index in [1.165, 1.54) is 5.56 Å². The first-order chi connectivity index (χ1) is 6.86. The Morgan fingerprint density at radius 2 is 2.14 bits per heavy atom. The molecule has 2 heteroatoms. The van der Waals surface area contributed by atoms with Gasteiger partial charge in [-0.25, -0.2) is 0 Å². The number of nitrogens with one attached hydrogen (secondary N) is 1. The van der Waals surface area contributed by atoms with Gasteiger partial charge in [-0.1, -0.05) is 42.5 Å². The van der Waals surface area contributed by atoms with Crippen molar-refractivity contribution in [3.05, 3.63) is 48.0 Å². The number of nitrogens with zero attached hydrogens (tertiary/aromatic N) is 1. The van der Waals surface area contributed by atoms with Crippen molar-refractivity contribution in [1.82, 2.24) is 5.32 Å². The third-order valence-corrected chi connectivity index (χ3v) is 1.89. The maximum Gasteiger partial charge on any atom is 0.114 e. The van der Waals surface area contributed by atoms with Crippen LogP contribution in [0.2, 0.25) is 0 Å². The molecule has 0 saturated carbocycles. The monoisotopic (exact) mass is 186 g/mol. The zero-order valence-electron chi connectivity index (χ0n) is 8.27. The van der Waals surface area contributed by atoms with E-state index >= 15 is 0 Å². The average molecular weight is 186 g/mol. The van der Waals surface area contributed by atoms with Crippen molar-refractivity contribution in [2.45, 2.75) is 19.5 Å². The first kappa shape index (κ1) is 10.5. The van der Waals surface area contributed by atoms with Crippen LogP contribution in [0, 0.1) is 11.3 Å². The molecule has 0 saturated heterocycles. The van der Waals surface area contributed by atoms with Gasteiger partial charge in [0.05, 0.1) is 6.07 Å². The van der Waals surface area contributed by atoms with Crippen molar-refractivity contribution < 1.29 is 0 Å². The van der Waals surface area contributed by atoms with Crippen LogP contribution in [0.15, 0.2) is 42.5 Å². The summed E-state index contributed by atoms with van der Waals surface area (Å²) in [6, 6.07) is 12.0. The molecule has 1 atom stereocenters. The molecule has 2 nitrogen and oxygen atoms in total. The smallest absolute Gasteiger partial charge is 0.114 e. The quantitative estimate of drug-likeness (QED) is 0.732. The molecule has 1 aromatic carbocycles. The second-order valence-electron chi connectivity index (χ2n) is 3.00. The fraction of sp³-hybridized carbons (Fsp3) is 0.250. The minimum atomic E-state index is -0.194. The van der Waals surface area contributed by atoms with E-state index in [1.807, 2.05) is 49.4 Å². The molecule has 0 amide bonds. The summed E-state index contributed by atoms with van der Waals surface area (Å²) in [5.41, 5.74) is 1.19. The van der Waals surface area contributed by atoms with E-state index in [-0.39, 0.29) is 6.04 Å². The maximum absolute atomic E-state index is 8.77. The summed E-state index contributed by atoms with van der Waals surface area (Å²) in [5.74, 6) is 0. The van der Waals surface area contributed by atoms with Gasteiger partial charge in [0.2, 0.25) is 0 Å². The summed E-state index contributed by atoms with van der Waals surface area (Å²) in [7, 11) is 0. The third kappa shape index (κ3) is 3.42. The van der Waals surface area contributed by atoms with Gasteiger partial charge in [-0.05, 0) is 12.5 Å². The van der Waals surface area contributed by atoms with E-state index in [0.29, 0.717) is 0 Å². The molecule has 1 N–H and O–H groups in total. The summed E-state index contributed by atoms with van der Waals surface area (Å²) in [6.07, 6.45) is 3.73. The fourth-order valence-electron chi connectivity index (χ4n) is 1.17. The average Bonchev–Trinajstić information content (AvgIpc) is 2.25. The Kier molecular flexibility index (Phi) is 4.46. The van der Waals surface area contributed by atoms with Crippen LogP contribution in [0.4, 0.5) is 0 Å². The van der Waals surface area contributed by atoms with Crippen LogP contribution in [0.25, 0.3) is 0 Å². The fourth-order valence-corrected chi connectivity index (χ4v) is 1.17. The van der Waals surface area contributed by atoms with Gasteiger partial charge in [-0.3, -0.25) is 5.32 Å². The Balaban J connectivity index is 2.44. The normalized spacial score (nSPS) is 12.6. The molecule has 0 radical (unpaired) electrons.